The first kappa shape index (κ1) is 12.9. The van der Waals surface area contributed by atoms with Gasteiger partial charge in [0.25, 0.3) is 0 Å². The summed E-state index contributed by atoms with van der Waals surface area (Å²) in [6.07, 6.45) is 3.73. The summed E-state index contributed by atoms with van der Waals surface area (Å²) in [4.78, 5) is 0. The molecule has 1 N–H and O–H groups in total. The lowest BCUT2D eigenvalue weighted by molar-refractivity contribution is 0.0171. The van der Waals surface area contributed by atoms with Crippen molar-refractivity contribution in [2.24, 2.45) is 0 Å². The van der Waals surface area contributed by atoms with E-state index in [4.69, 9.17) is 0 Å². The maximum atomic E-state index is 12.1. The quantitative estimate of drug-likeness (QED) is 0.902. The van der Waals surface area contributed by atoms with E-state index in [1.165, 1.54) is 0 Å². The molecule has 0 spiro atoms. The van der Waals surface area contributed by atoms with Crippen LogP contribution in [-0.2, 0) is 15.4 Å². The monoisotopic (exact) mass is 278 g/mol. The van der Waals surface area contributed by atoms with Crippen molar-refractivity contribution in [2.45, 2.75) is 41.8 Å². The van der Waals surface area contributed by atoms with Gasteiger partial charge < -0.3 is 5.11 Å². The topological polar surface area (TPSA) is 54.4 Å². The van der Waals surface area contributed by atoms with Gasteiger partial charge in [-0.25, -0.2) is 8.42 Å². The molecule has 102 valence electrons. The highest BCUT2D eigenvalue weighted by Crippen LogP contribution is 2.48. The highest BCUT2D eigenvalue weighted by atomic mass is 32.2. The van der Waals surface area contributed by atoms with E-state index in [0.717, 1.165) is 11.1 Å². The minimum atomic E-state index is -3.01. The van der Waals surface area contributed by atoms with E-state index in [1.807, 2.05) is 24.3 Å². The highest BCUT2D eigenvalue weighted by Gasteiger charge is 2.53. The van der Waals surface area contributed by atoms with Gasteiger partial charge in [0.05, 0.1) is 16.1 Å². The zero-order valence-electron chi connectivity index (χ0n) is 10.7. The molecule has 2 heterocycles. The van der Waals surface area contributed by atoms with Crippen molar-refractivity contribution in [1.82, 2.24) is 0 Å². The van der Waals surface area contributed by atoms with Crippen molar-refractivity contribution in [1.29, 1.82) is 0 Å². The van der Waals surface area contributed by atoms with Crippen LogP contribution in [0.4, 0.5) is 0 Å². The van der Waals surface area contributed by atoms with E-state index in [9.17, 15) is 13.5 Å². The van der Waals surface area contributed by atoms with Crippen molar-refractivity contribution >= 4 is 15.9 Å². The molecule has 2 atom stereocenters. The first-order chi connectivity index (χ1) is 8.97. The van der Waals surface area contributed by atoms with E-state index >= 15 is 0 Å². The molecule has 3 rings (SSSR count). The van der Waals surface area contributed by atoms with Gasteiger partial charge >= 0.3 is 0 Å². The maximum absolute atomic E-state index is 12.1. The minimum absolute atomic E-state index is 0.316. The summed E-state index contributed by atoms with van der Waals surface area (Å²) in [5.41, 5.74) is 0.683. The van der Waals surface area contributed by atoms with E-state index in [-0.39, 0.29) is 10.5 Å². The van der Waals surface area contributed by atoms with Crippen LogP contribution in [0.5, 0.6) is 0 Å². The molecule has 2 bridgehead atoms. The van der Waals surface area contributed by atoms with Crippen LogP contribution in [0.3, 0.4) is 0 Å². The second-order valence-corrected chi connectivity index (χ2v) is 8.15. The van der Waals surface area contributed by atoms with E-state index in [0.29, 0.717) is 25.7 Å². The third-order valence-corrected chi connectivity index (χ3v) is 7.22. The fourth-order valence-corrected chi connectivity index (χ4v) is 6.05. The van der Waals surface area contributed by atoms with Crippen molar-refractivity contribution in [3.8, 4) is 0 Å². The Labute approximate surface area is 113 Å². The largest absolute Gasteiger partial charge is 0.385 e. The van der Waals surface area contributed by atoms with Gasteiger partial charge in [-0.2, -0.15) is 0 Å². The lowest BCUT2D eigenvalue weighted by Crippen LogP contribution is -2.43. The zero-order chi connectivity index (χ0) is 13.7. The molecule has 2 unspecified atom stereocenters. The Morgan fingerprint density at radius 3 is 2.37 bits per heavy atom. The molecule has 1 aromatic rings. The van der Waals surface area contributed by atoms with Gasteiger partial charge in [-0.15, -0.1) is 0 Å². The lowest BCUT2D eigenvalue weighted by atomic mass is 9.83. The SMILES string of the molecule is C=Cc1ccccc1C1(O)CC2CCC(C1)S2(=O)=O. The molecule has 0 aliphatic carbocycles. The van der Waals surface area contributed by atoms with Crippen LogP contribution >= 0.6 is 0 Å². The molecule has 0 aromatic heterocycles. The Morgan fingerprint density at radius 2 is 1.79 bits per heavy atom. The fourth-order valence-electron chi connectivity index (χ4n) is 3.56. The van der Waals surface area contributed by atoms with Crippen LogP contribution in [0.2, 0.25) is 0 Å². The Balaban J connectivity index is 2.05. The minimum Gasteiger partial charge on any atom is -0.385 e. The van der Waals surface area contributed by atoms with Gasteiger partial charge in [0, 0.05) is 0 Å². The molecule has 2 saturated heterocycles. The zero-order valence-corrected chi connectivity index (χ0v) is 11.6. The first-order valence-corrected chi connectivity index (χ1v) is 8.25. The predicted octanol–water partition coefficient (Wildman–Crippen LogP) is 2.26. The molecule has 0 saturated carbocycles. The van der Waals surface area contributed by atoms with Crippen molar-refractivity contribution in [2.75, 3.05) is 0 Å². The third-order valence-electron chi connectivity index (χ3n) is 4.55. The molecule has 4 heteroatoms. The number of benzene rings is 1. The Kier molecular flexibility index (Phi) is 2.84. The maximum Gasteiger partial charge on any atom is 0.156 e. The first-order valence-electron chi connectivity index (χ1n) is 6.64. The van der Waals surface area contributed by atoms with Gasteiger partial charge in [0.1, 0.15) is 0 Å². The van der Waals surface area contributed by atoms with Crippen molar-refractivity contribution < 1.29 is 13.5 Å². The number of hydrogen-bond acceptors (Lipinski definition) is 3. The van der Waals surface area contributed by atoms with Crippen molar-refractivity contribution in [3.63, 3.8) is 0 Å². The van der Waals surface area contributed by atoms with Gasteiger partial charge in [-0.05, 0) is 36.8 Å². The molecule has 2 fully saturated rings. The van der Waals surface area contributed by atoms with E-state index in [1.54, 1.807) is 6.08 Å². The molecule has 0 radical (unpaired) electrons. The standard InChI is InChI=1S/C15H18O3S/c1-2-11-5-3-4-6-14(11)15(16)9-12-7-8-13(10-15)19(12,17)18/h2-6,12-13,16H,1,7-10H2. The predicted molar refractivity (Wildman–Crippen MR) is 75.4 cm³/mol. The molecule has 2 aliphatic heterocycles. The number of aliphatic hydroxyl groups is 1. The molecule has 3 nitrogen and oxygen atoms in total. The number of sulfone groups is 1. The summed E-state index contributed by atoms with van der Waals surface area (Å²) < 4.78 is 24.2. The summed E-state index contributed by atoms with van der Waals surface area (Å²) >= 11 is 0. The van der Waals surface area contributed by atoms with Gasteiger partial charge in [-0.1, -0.05) is 36.9 Å². The fraction of sp³-hybridized carbons (Fsp3) is 0.467. The Morgan fingerprint density at radius 1 is 1.21 bits per heavy atom. The number of rotatable bonds is 2. The number of fused-ring (bicyclic) bond motifs is 2. The Hall–Kier alpha value is -1.13. The summed E-state index contributed by atoms with van der Waals surface area (Å²) in [5, 5.41) is 10.2. The summed E-state index contributed by atoms with van der Waals surface area (Å²) in [7, 11) is -3.01. The molecular formula is C15H18O3S. The van der Waals surface area contributed by atoms with Crippen LogP contribution in [0.25, 0.3) is 6.08 Å². The second kappa shape index (κ2) is 4.18. The second-order valence-electron chi connectivity index (χ2n) is 5.64. The van der Waals surface area contributed by atoms with Crippen LogP contribution in [-0.4, -0.2) is 24.0 Å². The summed E-state index contributed by atoms with van der Waals surface area (Å²) in [6.45, 7) is 3.77. The van der Waals surface area contributed by atoms with E-state index in [2.05, 4.69) is 6.58 Å². The summed E-state index contributed by atoms with van der Waals surface area (Å²) in [6, 6.07) is 7.57. The average molecular weight is 278 g/mol. The Bertz CT molecular complexity index is 598. The summed E-state index contributed by atoms with van der Waals surface area (Å²) in [5.74, 6) is 0. The lowest BCUT2D eigenvalue weighted by Gasteiger charge is -2.37. The normalized spacial score (nSPS) is 36.1. The van der Waals surface area contributed by atoms with Gasteiger partial charge in [0.2, 0.25) is 0 Å². The molecular weight excluding hydrogens is 260 g/mol. The average Bonchev–Trinajstić information content (AvgIpc) is 2.57. The van der Waals surface area contributed by atoms with E-state index < -0.39 is 15.4 Å². The van der Waals surface area contributed by atoms with Crippen LogP contribution in [0.15, 0.2) is 30.8 Å². The van der Waals surface area contributed by atoms with Crippen LogP contribution < -0.4 is 0 Å². The smallest absolute Gasteiger partial charge is 0.156 e. The van der Waals surface area contributed by atoms with Gasteiger partial charge in [0.15, 0.2) is 9.84 Å². The molecule has 0 amide bonds. The number of hydrogen-bond donors (Lipinski definition) is 1. The van der Waals surface area contributed by atoms with Crippen molar-refractivity contribution in [3.05, 3.63) is 42.0 Å². The van der Waals surface area contributed by atoms with Gasteiger partial charge in [-0.3, -0.25) is 0 Å². The van der Waals surface area contributed by atoms with Crippen LogP contribution in [0.1, 0.15) is 36.8 Å². The highest BCUT2D eigenvalue weighted by molar-refractivity contribution is 7.93. The molecule has 1 aromatic carbocycles. The third kappa shape index (κ3) is 1.85. The van der Waals surface area contributed by atoms with Crippen LogP contribution in [0, 0.1) is 0 Å². The molecule has 2 aliphatic rings. The molecule has 19 heavy (non-hydrogen) atoms.